The quantitative estimate of drug-likeness (QED) is 0.545. The van der Waals surface area contributed by atoms with Crippen molar-refractivity contribution in [1.29, 1.82) is 0 Å². The fraction of sp³-hybridized carbons (Fsp3) is 0.444. The molecule has 0 saturated heterocycles. The van der Waals surface area contributed by atoms with Crippen molar-refractivity contribution < 1.29 is 4.79 Å². The first-order valence-electron chi connectivity index (χ1n) is 4.95. The summed E-state index contributed by atoms with van der Waals surface area (Å²) >= 11 is 5.53. The molecule has 0 spiro atoms. The maximum absolute atomic E-state index is 11.1. The van der Waals surface area contributed by atoms with Crippen molar-refractivity contribution in [2.45, 2.75) is 5.75 Å². The molecule has 6 nitrogen and oxygen atoms in total. The normalized spacial score (nSPS) is 10.0. The van der Waals surface area contributed by atoms with Crippen LogP contribution in [0.15, 0.2) is 12.3 Å². The summed E-state index contributed by atoms with van der Waals surface area (Å²) in [5.74, 6) is 1.84. The first-order chi connectivity index (χ1) is 8.09. The molecule has 0 aliphatic carbocycles. The standard InChI is InChI=1S/C9H15N5OS2/c1-14(16)9(15)12-4-5-17-6-7-2-3-11-8(10)13-7/h2-3,16H,4-6H2,1H3,(H,12,15)(H2,10,11,13). The minimum absolute atomic E-state index is 0.208. The number of urea groups is 1. The van der Waals surface area contributed by atoms with Gasteiger partial charge in [0, 0.05) is 31.3 Å². The fourth-order valence-electron chi connectivity index (χ4n) is 1.01. The van der Waals surface area contributed by atoms with Gasteiger partial charge in [-0.3, -0.25) is 4.31 Å². The molecular formula is C9H15N5OS2. The van der Waals surface area contributed by atoms with Crippen LogP contribution < -0.4 is 11.1 Å². The van der Waals surface area contributed by atoms with E-state index in [0.717, 1.165) is 17.2 Å². The molecule has 17 heavy (non-hydrogen) atoms. The predicted octanol–water partition coefficient (Wildman–Crippen LogP) is 0.778. The molecule has 0 aromatic carbocycles. The molecule has 1 aromatic rings. The highest BCUT2D eigenvalue weighted by Gasteiger charge is 2.02. The van der Waals surface area contributed by atoms with Gasteiger partial charge in [-0.2, -0.15) is 11.8 Å². The highest BCUT2D eigenvalue weighted by Crippen LogP contribution is 2.09. The second-order valence-electron chi connectivity index (χ2n) is 3.21. The molecule has 1 aromatic heterocycles. The number of carbonyl (C=O) groups is 1. The number of amides is 2. The summed E-state index contributed by atoms with van der Waals surface area (Å²) in [6.45, 7) is 0.592. The van der Waals surface area contributed by atoms with Crippen LogP contribution in [0, 0.1) is 0 Å². The number of nitrogens with two attached hydrogens (primary N) is 1. The minimum atomic E-state index is -0.208. The van der Waals surface area contributed by atoms with Gasteiger partial charge in [0.05, 0.1) is 5.69 Å². The Balaban J connectivity index is 2.14. The Morgan fingerprint density at radius 1 is 1.71 bits per heavy atom. The highest BCUT2D eigenvalue weighted by molar-refractivity contribution is 7.98. The molecule has 0 aliphatic heterocycles. The van der Waals surface area contributed by atoms with Crippen LogP contribution in [0.4, 0.5) is 10.7 Å². The summed E-state index contributed by atoms with van der Waals surface area (Å²) < 4.78 is 1.20. The number of carbonyl (C=O) groups excluding carboxylic acids is 1. The number of aromatic nitrogens is 2. The van der Waals surface area contributed by atoms with Crippen molar-refractivity contribution in [1.82, 2.24) is 19.6 Å². The Kier molecular flexibility index (Phi) is 5.92. The largest absolute Gasteiger partial charge is 0.368 e. The molecule has 0 bridgehead atoms. The van der Waals surface area contributed by atoms with Gasteiger partial charge in [-0.15, -0.1) is 0 Å². The van der Waals surface area contributed by atoms with E-state index in [2.05, 4.69) is 28.1 Å². The van der Waals surface area contributed by atoms with Gasteiger partial charge in [0.2, 0.25) is 5.95 Å². The Bertz CT molecular complexity index is 374. The molecule has 8 heteroatoms. The van der Waals surface area contributed by atoms with E-state index >= 15 is 0 Å². The van der Waals surface area contributed by atoms with E-state index in [0.29, 0.717) is 6.54 Å². The molecule has 0 radical (unpaired) electrons. The monoisotopic (exact) mass is 273 g/mol. The van der Waals surface area contributed by atoms with Crippen LogP contribution in [0.1, 0.15) is 5.69 Å². The van der Waals surface area contributed by atoms with Gasteiger partial charge in [-0.05, 0) is 6.07 Å². The number of nitrogens with zero attached hydrogens (tertiary/aromatic N) is 3. The highest BCUT2D eigenvalue weighted by atomic mass is 32.2. The summed E-state index contributed by atoms with van der Waals surface area (Å²) in [7, 11) is 1.58. The van der Waals surface area contributed by atoms with Crippen molar-refractivity contribution in [3.63, 3.8) is 0 Å². The molecule has 94 valence electrons. The fourth-order valence-corrected chi connectivity index (χ4v) is 1.85. The van der Waals surface area contributed by atoms with Crippen molar-refractivity contribution in [2.75, 3.05) is 25.1 Å². The number of hydrogen-bond acceptors (Lipinski definition) is 6. The first-order valence-corrected chi connectivity index (χ1v) is 6.50. The zero-order valence-electron chi connectivity index (χ0n) is 9.46. The van der Waals surface area contributed by atoms with E-state index in [1.807, 2.05) is 6.07 Å². The van der Waals surface area contributed by atoms with E-state index in [1.165, 1.54) is 4.31 Å². The number of rotatable bonds is 5. The molecule has 3 N–H and O–H groups in total. The average Bonchev–Trinajstić information content (AvgIpc) is 2.28. The van der Waals surface area contributed by atoms with Crippen LogP contribution in [-0.4, -0.2) is 39.6 Å². The van der Waals surface area contributed by atoms with E-state index < -0.39 is 0 Å². The second-order valence-corrected chi connectivity index (χ2v) is 4.92. The zero-order chi connectivity index (χ0) is 12.7. The Morgan fingerprint density at radius 2 is 2.47 bits per heavy atom. The molecule has 1 heterocycles. The molecular weight excluding hydrogens is 258 g/mol. The lowest BCUT2D eigenvalue weighted by Gasteiger charge is -2.10. The molecule has 0 atom stereocenters. The van der Waals surface area contributed by atoms with Gasteiger partial charge in [-0.25, -0.2) is 14.8 Å². The second kappa shape index (κ2) is 7.23. The predicted molar refractivity (Wildman–Crippen MR) is 72.8 cm³/mol. The van der Waals surface area contributed by atoms with E-state index in [9.17, 15) is 4.79 Å². The summed E-state index contributed by atoms with van der Waals surface area (Å²) in [4.78, 5) is 19.0. The lowest BCUT2D eigenvalue weighted by atomic mass is 10.5. The Morgan fingerprint density at radius 3 is 3.12 bits per heavy atom. The summed E-state index contributed by atoms with van der Waals surface area (Å²) in [6.07, 6.45) is 1.63. The first kappa shape index (κ1) is 13.9. The number of anilines is 1. The van der Waals surface area contributed by atoms with Gasteiger partial charge < -0.3 is 11.1 Å². The zero-order valence-corrected chi connectivity index (χ0v) is 11.2. The Labute approximate surface area is 110 Å². The van der Waals surface area contributed by atoms with Crippen LogP contribution in [0.25, 0.3) is 0 Å². The SMILES string of the molecule is CN(S)C(=O)NCCSCc1ccnc(N)n1. The number of hydrogen-bond donors (Lipinski definition) is 3. The molecule has 0 aliphatic rings. The van der Waals surface area contributed by atoms with Crippen molar-refractivity contribution >= 4 is 36.6 Å². The van der Waals surface area contributed by atoms with E-state index in [4.69, 9.17) is 5.73 Å². The van der Waals surface area contributed by atoms with Crippen LogP contribution >= 0.6 is 24.6 Å². The maximum Gasteiger partial charge on any atom is 0.326 e. The van der Waals surface area contributed by atoms with Gasteiger partial charge in [0.1, 0.15) is 0 Å². The number of nitrogen functional groups attached to an aromatic ring is 1. The van der Waals surface area contributed by atoms with Crippen LogP contribution in [-0.2, 0) is 5.75 Å². The number of thioether (sulfide) groups is 1. The van der Waals surface area contributed by atoms with Crippen LogP contribution in [0.2, 0.25) is 0 Å². The minimum Gasteiger partial charge on any atom is -0.368 e. The van der Waals surface area contributed by atoms with Gasteiger partial charge in [-0.1, -0.05) is 12.8 Å². The summed E-state index contributed by atoms with van der Waals surface area (Å²) in [5.41, 5.74) is 6.35. The topological polar surface area (TPSA) is 84.1 Å². The number of thiol groups is 1. The maximum atomic E-state index is 11.1. The third kappa shape index (κ3) is 5.64. The Hall–Kier alpha value is -1.15. The van der Waals surface area contributed by atoms with Crippen LogP contribution in [0.3, 0.4) is 0 Å². The van der Waals surface area contributed by atoms with Crippen molar-refractivity contribution in [3.8, 4) is 0 Å². The van der Waals surface area contributed by atoms with E-state index in [-0.39, 0.29) is 12.0 Å². The van der Waals surface area contributed by atoms with Crippen molar-refractivity contribution in [2.24, 2.45) is 0 Å². The third-order valence-electron chi connectivity index (χ3n) is 1.80. The molecule has 2 amide bonds. The van der Waals surface area contributed by atoms with Gasteiger partial charge in [0.15, 0.2) is 0 Å². The molecule has 0 saturated carbocycles. The van der Waals surface area contributed by atoms with Crippen molar-refractivity contribution in [3.05, 3.63) is 18.0 Å². The molecule has 1 rings (SSSR count). The van der Waals surface area contributed by atoms with Crippen LogP contribution in [0.5, 0.6) is 0 Å². The van der Waals surface area contributed by atoms with Gasteiger partial charge in [0.25, 0.3) is 0 Å². The lowest BCUT2D eigenvalue weighted by molar-refractivity contribution is 0.231. The lowest BCUT2D eigenvalue weighted by Crippen LogP contribution is -2.32. The molecule has 0 unspecified atom stereocenters. The summed E-state index contributed by atoms with van der Waals surface area (Å²) in [5, 5.41) is 2.71. The average molecular weight is 273 g/mol. The smallest absolute Gasteiger partial charge is 0.326 e. The number of nitrogens with one attached hydrogen (secondary N) is 1. The summed E-state index contributed by atoms with van der Waals surface area (Å²) in [6, 6.07) is 1.61. The van der Waals surface area contributed by atoms with Gasteiger partial charge >= 0.3 is 6.03 Å². The molecule has 0 fully saturated rings. The van der Waals surface area contributed by atoms with E-state index in [1.54, 1.807) is 25.0 Å². The third-order valence-corrected chi connectivity index (χ3v) is 2.97.